The average Bonchev–Trinajstić information content (AvgIpc) is 3.23. The largest absolute Gasteiger partial charge is 0.478 e. The summed E-state index contributed by atoms with van der Waals surface area (Å²) in [6.07, 6.45) is 0.0647. The summed E-state index contributed by atoms with van der Waals surface area (Å²) < 4.78 is 45.6. The topological polar surface area (TPSA) is 61.8 Å². The Morgan fingerprint density at radius 3 is 2.77 bits per heavy atom. The van der Waals surface area contributed by atoms with Crippen LogP contribution in [0.1, 0.15) is 28.8 Å². The second-order valence-corrected chi connectivity index (χ2v) is 9.78. The van der Waals surface area contributed by atoms with E-state index in [-0.39, 0.29) is 11.7 Å². The Hall–Kier alpha value is -2.88. The zero-order valence-electron chi connectivity index (χ0n) is 18.9. The van der Waals surface area contributed by atoms with Crippen molar-refractivity contribution in [3.8, 4) is 11.1 Å². The maximum atomic E-state index is 13.1. The van der Waals surface area contributed by atoms with E-state index in [0.29, 0.717) is 47.6 Å². The Labute approximate surface area is 204 Å². The van der Waals surface area contributed by atoms with Crippen LogP contribution in [0, 0.1) is 0 Å². The summed E-state index contributed by atoms with van der Waals surface area (Å²) in [5.74, 6) is -1.04. The normalized spacial score (nSPS) is 18.4. The molecule has 1 atom stereocenters. The zero-order valence-corrected chi connectivity index (χ0v) is 19.7. The van der Waals surface area contributed by atoms with Gasteiger partial charge in [-0.1, -0.05) is 23.8 Å². The number of morpholine rings is 1. The zero-order chi connectivity index (χ0) is 24.6. The van der Waals surface area contributed by atoms with Gasteiger partial charge in [0.15, 0.2) is 0 Å². The third-order valence-electron chi connectivity index (χ3n) is 6.54. The molecule has 2 N–H and O–H groups in total. The smallest absolute Gasteiger partial charge is 0.416 e. The number of rotatable bonds is 7. The minimum absolute atomic E-state index is 0.0469. The number of aromatic carboxylic acids is 1. The van der Waals surface area contributed by atoms with Gasteiger partial charge in [0, 0.05) is 41.8 Å². The van der Waals surface area contributed by atoms with Gasteiger partial charge in [0.2, 0.25) is 0 Å². The van der Waals surface area contributed by atoms with E-state index in [9.17, 15) is 23.1 Å². The van der Waals surface area contributed by atoms with E-state index >= 15 is 0 Å². The molecular weight excluding hydrogens is 477 g/mol. The molecule has 0 radical (unpaired) electrons. The van der Waals surface area contributed by atoms with Crippen molar-refractivity contribution in [3.05, 3.63) is 64.6 Å². The van der Waals surface area contributed by atoms with Crippen LogP contribution >= 0.6 is 11.3 Å². The maximum Gasteiger partial charge on any atom is 0.416 e. The molecule has 0 spiro atoms. The van der Waals surface area contributed by atoms with Crippen LogP contribution in [0.15, 0.2) is 53.4 Å². The Balaban J connectivity index is 1.38. The Bertz CT molecular complexity index is 1280. The summed E-state index contributed by atoms with van der Waals surface area (Å²) in [4.78, 5) is 14.2. The monoisotopic (exact) mass is 502 g/mol. The quantitative estimate of drug-likeness (QED) is 0.400. The lowest BCUT2D eigenvalue weighted by molar-refractivity contribution is -0.137. The summed E-state index contributed by atoms with van der Waals surface area (Å²) in [7, 11) is 0. The van der Waals surface area contributed by atoms with Crippen LogP contribution < -0.4 is 10.2 Å². The van der Waals surface area contributed by atoms with E-state index in [0.717, 1.165) is 37.1 Å². The molecule has 1 aliphatic heterocycles. The SMILES string of the molecule is O=C(O)c1cc(-c2csc3cc(C(F)(F)F)ccc23)ccc1N1CCO[C@H](CNCC2=CCC2)C1. The van der Waals surface area contributed by atoms with Gasteiger partial charge in [-0.25, -0.2) is 4.79 Å². The number of hydrogen-bond acceptors (Lipinski definition) is 5. The molecular formula is C26H25F3N2O3S. The number of allylic oxidation sites excluding steroid dienone is 1. The van der Waals surface area contributed by atoms with Crippen molar-refractivity contribution in [2.24, 2.45) is 0 Å². The highest BCUT2D eigenvalue weighted by molar-refractivity contribution is 7.17. The van der Waals surface area contributed by atoms with Crippen LogP contribution in [-0.2, 0) is 10.9 Å². The van der Waals surface area contributed by atoms with Gasteiger partial charge in [-0.3, -0.25) is 0 Å². The number of fused-ring (bicyclic) bond motifs is 1. The fraction of sp³-hybridized carbons (Fsp3) is 0.346. The van der Waals surface area contributed by atoms with Crippen molar-refractivity contribution >= 4 is 33.1 Å². The van der Waals surface area contributed by atoms with Crippen molar-refractivity contribution in [3.63, 3.8) is 0 Å². The second-order valence-electron chi connectivity index (χ2n) is 8.87. The number of alkyl halides is 3. The fourth-order valence-electron chi connectivity index (χ4n) is 4.54. The van der Waals surface area contributed by atoms with Gasteiger partial charge < -0.3 is 20.1 Å². The van der Waals surface area contributed by atoms with Gasteiger partial charge in [-0.2, -0.15) is 13.2 Å². The number of halogens is 3. The van der Waals surface area contributed by atoms with E-state index in [1.165, 1.54) is 23.0 Å². The Morgan fingerprint density at radius 1 is 1.23 bits per heavy atom. The molecule has 0 amide bonds. The van der Waals surface area contributed by atoms with Crippen molar-refractivity contribution in [2.45, 2.75) is 25.1 Å². The maximum absolute atomic E-state index is 13.1. The number of thiophene rings is 1. The van der Waals surface area contributed by atoms with Crippen LogP contribution in [0.5, 0.6) is 0 Å². The highest BCUT2D eigenvalue weighted by Gasteiger charge is 2.31. The third kappa shape index (κ3) is 5.07. The van der Waals surface area contributed by atoms with E-state index in [2.05, 4.69) is 11.4 Å². The average molecular weight is 503 g/mol. The first-order valence-corrected chi connectivity index (χ1v) is 12.4. The van der Waals surface area contributed by atoms with Crippen LogP contribution in [0.2, 0.25) is 0 Å². The van der Waals surface area contributed by atoms with Gasteiger partial charge in [-0.05, 0) is 48.1 Å². The summed E-state index contributed by atoms with van der Waals surface area (Å²) in [6, 6.07) is 8.90. The number of benzene rings is 2. The summed E-state index contributed by atoms with van der Waals surface area (Å²) in [5.41, 5.74) is 2.90. The molecule has 1 aromatic heterocycles. The van der Waals surface area contributed by atoms with Crippen LogP contribution in [0.3, 0.4) is 0 Å². The lowest BCUT2D eigenvalue weighted by Gasteiger charge is -2.35. The predicted molar refractivity (Wildman–Crippen MR) is 131 cm³/mol. The minimum Gasteiger partial charge on any atom is -0.478 e. The standard InChI is InChI=1S/C26H25F3N2O3S/c27-26(28,29)18-5-6-20-22(15-35-24(20)11-18)17-4-7-23(21(10-17)25(32)33)31-8-9-34-19(14-31)13-30-12-16-2-1-3-16/h2,4-7,10-11,15,19,30H,1,3,8-9,12-14H2,(H,32,33)/t19-/m1/s1. The van der Waals surface area contributed by atoms with Gasteiger partial charge in [0.25, 0.3) is 0 Å². The molecule has 2 heterocycles. The first-order valence-electron chi connectivity index (χ1n) is 11.5. The first kappa shape index (κ1) is 23.8. The van der Waals surface area contributed by atoms with Crippen molar-refractivity contribution in [1.29, 1.82) is 0 Å². The van der Waals surface area contributed by atoms with Crippen LogP contribution in [0.25, 0.3) is 21.2 Å². The second kappa shape index (κ2) is 9.64. The van der Waals surface area contributed by atoms with Crippen LogP contribution in [0.4, 0.5) is 18.9 Å². The van der Waals surface area contributed by atoms with E-state index < -0.39 is 17.7 Å². The molecule has 1 fully saturated rings. The Kier molecular flexibility index (Phi) is 6.57. The first-order chi connectivity index (χ1) is 16.8. The molecule has 9 heteroatoms. The summed E-state index contributed by atoms with van der Waals surface area (Å²) in [6.45, 7) is 3.21. The van der Waals surface area contributed by atoms with Crippen molar-refractivity contribution < 1.29 is 27.8 Å². The molecule has 184 valence electrons. The van der Waals surface area contributed by atoms with E-state index in [1.54, 1.807) is 17.5 Å². The number of nitrogens with one attached hydrogen (secondary N) is 1. The van der Waals surface area contributed by atoms with Crippen LogP contribution in [-0.4, -0.2) is 50.0 Å². The minimum atomic E-state index is -4.41. The molecule has 1 saturated heterocycles. The van der Waals surface area contributed by atoms with E-state index in [1.807, 2.05) is 11.0 Å². The molecule has 2 aromatic carbocycles. The molecule has 5 rings (SSSR count). The number of anilines is 1. The van der Waals surface area contributed by atoms with Gasteiger partial charge in [0.1, 0.15) is 0 Å². The summed E-state index contributed by atoms with van der Waals surface area (Å²) in [5, 5.41) is 15.8. The van der Waals surface area contributed by atoms with Gasteiger partial charge >= 0.3 is 12.1 Å². The number of nitrogens with zero attached hydrogens (tertiary/aromatic N) is 1. The summed E-state index contributed by atoms with van der Waals surface area (Å²) >= 11 is 1.22. The predicted octanol–water partition coefficient (Wildman–Crippen LogP) is 5.80. The van der Waals surface area contributed by atoms with Gasteiger partial charge in [-0.15, -0.1) is 11.3 Å². The molecule has 35 heavy (non-hydrogen) atoms. The van der Waals surface area contributed by atoms with Gasteiger partial charge in [0.05, 0.1) is 29.5 Å². The van der Waals surface area contributed by atoms with Crippen molar-refractivity contribution in [1.82, 2.24) is 5.32 Å². The molecule has 5 nitrogen and oxygen atoms in total. The van der Waals surface area contributed by atoms with E-state index in [4.69, 9.17) is 4.74 Å². The third-order valence-corrected chi connectivity index (χ3v) is 7.49. The lowest BCUT2D eigenvalue weighted by Crippen LogP contribution is -2.47. The molecule has 0 bridgehead atoms. The number of carboxylic acid groups (broad SMARTS) is 1. The molecule has 1 aliphatic carbocycles. The fourth-order valence-corrected chi connectivity index (χ4v) is 5.55. The highest BCUT2D eigenvalue weighted by Crippen LogP contribution is 2.39. The Morgan fingerprint density at radius 2 is 2.06 bits per heavy atom. The van der Waals surface area contributed by atoms with Crippen molar-refractivity contribution in [2.75, 3.05) is 37.7 Å². The molecule has 0 unspecified atom stereocenters. The number of carboxylic acids is 1. The molecule has 3 aromatic rings. The molecule has 2 aliphatic rings. The highest BCUT2D eigenvalue weighted by atomic mass is 32.1. The number of hydrogen-bond donors (Lipinski definition) is 2. The number of carbonyl (C=O) groups is 1. The molecule has 0 saturated carbocycles. The number of ether oxygens (including phenoxy) is 1. The lowest BCUT2D eigenvalue weighted by atomic mass is 9.99.